The second-order valence-electron chi connectivity index (χ2n) is 18.5. The number of aromatic nitrogens is 1. The van der Waals surface area contributed by atoms with Gasteiger partial charge in [-0.2, -0.15) is 0 Å². The van der Waals surface area contributed by atoms with Gasteiger partial charge in [-0.25, -0.2) is 0 Å². The summed E-state index contributed by atoms with van der Waals surface area (Å²) in [5.41, 5.74) is 17.8. The van der Waals surface area contributed by atoms with Crippen LogP contribution < -0.4 is 4.90 Å². The van der Waals surface area contributed by atoms with Crippen LogP contribution in [0.5, 0.6) is 0 Å². The lowest BCUT2D eigenvalue weighted by Gasteiger charge is -2.27. The van der Waals surface area contributed by atoms with Gasteiger partial charge in [-0.3, -0.25) is 0 Å². The molecule has 0 unspecified atom stereocenters. The third-order valence-corrected chi connectivity index (χ3v) is 14.4. The molecule has 3 heteroatoms. The predicted molar refractivity (Wildman–Crippen MR) is 299 cm³/mol. The van der Waals surface area contributed by atoms with Crippen LogP contribution in [0.1, 0.15) is 0 Å². The lowest BCUT2D eigenvalue weighted by molar-refractivity contribution is 0.669. The van der Waals surface area contributed by atoms with Gasteiger partial charge in [0.1, 0.15) is 11.2 Å². The standard InChI is InChI=1S/C68H44N2O/c1-2-20-58-47(13-1)29-30-53-42-51(35-40-59(53)58)50-16-10-18-56(43-50)69(57-19-11-17-52(44-57)60-24-12-28-67-68(60)63-23-5-8-27-66(63)71-67)54-36-31-45(32-37-54)48-14-9-15-49(41-48)46-33-38-55(39-34-46)70-64-25-6-3-21-61(64)62-22-4-7-26-65(62)70/h1-44H. The van der Waals surface area contributed by atoms with Crippen LogP contribution in [0, 0.1) is 0 Å². The van der Waals surface area contributed by atoms with E-state index in [4.69, 9.17) is 4.42 Å². The Balaban J connectivity index is 0.837. The highest BCUT2D eigenvalue weighted by Crippen LogP contribution is 2.43. The molecule has 71 heavy (non-hydrogen) atoms. The summed E-state index contributed by atoms with van der Waals surface area (Å²) in [4.78, 5) is 2.38. The number of para-hydroxylation sites is 3. The van der Waals surface area contributed by atoms with E-state index in [1.807, 2.05) is 12.1 Å². The largest absolute Gasteiger partial charge is 0.456 e. The number of benzene rings is 12. The first-order chi connectivity index (χ1) is 35.2. The second kappa shape index (κ2) is 16.7. The molecule has 0 saturated heterocycles. The average Bonchev–Trinajstić information content (AvgIpc) is 4.00. The molecular weight excluding hydrogens is 861 g/mol. The van der Waals surface area contributed by atoms with Crippen LogP contribution in [0.3, 0.4) is 0 Å². The summed E-state index contributed by atoms with van der Waals surface area (Å²) in [6, 6.07) is 96.8. The molecular formula is C68H44N2O. The normalized spacial score (nSPS) is 11.7. The molecule has 0 N–H and O–H groups in total. The molecule has 14 aromatic rings. The van der Waals surface area contributed by atoms with Crippen LogP contribution in [-0.2, 0) is 0 Å². The molecule has 0 saturated carbocycles. The van der Waals surface area contributed by atoms with E-state index in [9.17, 15) is 0 Å². The van der Waals surface area contributed by atoms with E-state index in [2.05, 4.69) is 264 Å². The maximum atomic E-state index is 6.35. The molecule has 12 aromatic carbocycles. The van der Waals surface area contributed by atoms with E-state index >= 15 is 0 Å². The minimum Gasteiger partial charge on any atom is -0.456 e. The van der Waals surface area contributed by atoms with E-state index in [0.29, 0.717) is 0 Å². The van der Waals surface area contributed by atoms with Gasteiger partial charge in [0.05, 0.1) is 11.0 Å². The van der Waals surface area contributed by atoms with Gasteiger partial charge in [0.2, 0.25) is 0 Å². The monoisotopic (exact) mass is 904 g/mol. The Labute approximate surface area is 411 Å². The topological polar surface area (TPSA) is 21.3 Å². The Hall–Kier alpha value is -9.44. The quantitative estimate of drug-likeness (QED) is 0.142. The lowest BCUT2D eigenvalue weighted by Crippen LogP contribution is -2.10. The van der Waals surface area contributed by atoms with Gasteiger partial charge in [0.15, 0.2) is 0 Å². The highest BCUT2D eigenvalue weighted by Gasteiger charge is 2.18. The van der Waals surface area contributed by atoms with Crippen LogP contribution in [0.2, 0.25) is 0 Å². The predicted octanol–water partition coefficient (Wildman–Crippen LogP) is 19.1. The number of nitrogens with zero attached hydrogens (tertiary/aromatic N) is 2. The molecule has 2 aromatic heterocycles. The minimum atomic E-state index is 0.887. The summed E-state index contributed by atoms with van der Waals surface area (Å²) in [5.74, 6) is 0. The smallest absolute Gasteiger partial charge is 0.136 e. The Morgan fingerprint density at radius 3 is 1.52 bits per heavy atom. The van der Waals surface area contributed by atoms with Crippen molar-refractivity contribution in [3.63, 3.8) is 0 Å². The maximum absolute atomic E-state index is 6.35. The molecule has 0 atom stereocenters. The summed E-state index contributed by atoms with van der Waals surface area (Å²) < 4.78 is 8.72. The first-order valence-electron chi connectivity index (χ1n) is 24.3. The fraction of sp³-hybridized carbons (Fsp3) is 0. The Morgan fingerprint density at radius 1 is 0.282 bits per heavy atom. The molecule has 332 valence electrons. The number of rotatable bonds is 8. The molecule has 0 aliphatic carbocycles. The first-order valence-corrected chi connectivity index (χ1v) is 24.3. The maximum Gasteiger partial charge on any atom is 0.136 e. The number of fused-ring (bicyclic) bond motifs is 9. The van der Waals surface area contributed by atoms with Crippen molar-refractivity contribution in [3.8, 4) is 50.2 Å². The van der Waals surface area contributed by atoms with Crippen LogP contribution >= 0.6 is 0 Å². The van der Waals surface area contributed by atoms with Crippen molar-refractivity contribution >= 4 is 82.4 Å². The minimum absolute atomic E-state index is 0.887. The zero-order valence-corrected chi connectivity index (χ0v) is 38.7. The van der Waals surface area contributed by atoms with Crippen molar-refractivity contribution in [3.05, 3.63) is 267 Å². The van der Waals surface area contributed by atoms with E-state index in [-0.39, 0.29) is 0 Å². The molecule has 0 amide bonds. The fourth-order valence-corrected chi connectivity index (χ4v) is 11.0. The van der Waals surface area contributed by atoms with Crippen LogP contribution in [0.15, 0.2) is 271 Å². The summed E-state index contributed by atoms with van der Waals surface area (Å²) in [6.07, 6.45) is 0. The molecule has 0 aliphatic heterocycles. The van der Waals surface area contributed by atoms with Crippen molar-refractivity contribution < 1.29 is 4.42 Å². The van der Waals surface area contributed by atoms with Gasteiger partial charge >= 0.3 is 0 Å². The van der Waals surface area contributed by atoms with E-state index in [0.717, 1.165) is 66.9 Å². The molecule has 0 spiro atoms. The van der Waals surface area contributed by atoms with Crippen LogP contribution in [-0.4, -0.2) is 4.57 Å². The molecule has 0 radical (unpaired) electrons. The Kier molecular flexibility index (Phi) is 9.53. The number of hydrogen-bond acceptors (Lipinski definition) is 2. The second-order valence-corrected chi connectivity index (χ2v) is 18.5. The first kappa shape index (κ1) is 40.6. The molecule has 3 nitrogen and oxygen atoms in total. The van der Waals surface area contributed by atoms with E-state index < -0.39 is 0 Å². The zero-order valence-electron chi connectivity index (χ0n) is 38.7. The summed E-state index contributed by atoms with van der Waals surface area (Å²) >= 11 is 0. The van der Waals surface area contributed by atoms with Crippen molar-refractivity contribution in [1.29, 1.82) is 0 Å². The van der Waals surface area contributed by atoms with Gasteiger partial charge in [-0.05, 0) is 151 Å². The third kappa shape index (κ3) is 6.97. The van der Waals surface area contributed by atoms with Gasteiger partial charge in [-0.15, -0.1) is 0 Å². The van der Waals surface area contributed by atoms with Crippen molar-refractivity contribution in [2.24, 2.45) is 0 Å². The van der Waals surface area contributed by atoms with Gasteiger partial charge in [0, 0.05) is 44.3 Å². The zero-order chi connectivity index (χ0) is 46.8. The number of hydrogen-bond donors (Lipinski definition) is 0. The van der Waals surface area contributed by atoms with Crippen LogP contribution in [0.25, 0.3) is 115 Å². The fourth-order valence-electron chi connectivity index (χ4n) is 11.0. The molecule has 2 heterocycles. The third-order valence-electron chi connectivity index (χ3n) is 14.4. The highest BCUT2D eigenvalue weighted by atomic mass is 16.3. The molecule has 0 fully saturated rings. The van der Waals surface area contributed by atoms with E-state index in [1.165, 1.54) is 65.6 Å². The van der Waals surface area contributed by atoms with Gasteiger partial charge in [0.25, 0.3) is 0 Å². The summed E-state index contributed by atoms with van der Waals surface area (Å²) in [6.45, 7) is 0. The molecule has 0 aliphatic rings. The van der Waals surface area contributed by atoms with Gasteiger partial charge < -0.3 is 13.9 Å². The number of anilines is 3. The molecule has 14 rings (SSSR count). The summed E-state index contributed by atoms with van der Waals surface area (Å²) in [7, 11) is 0. The lowest BCUT2D eigenvalue weighted by atomic mass is 9.96. The number of furan rings is 1. The van der Waals surface area contributed by atoms with E-state index in [1.54, 1.807) is 0 Å². The SMILES string of the molecule is c1cc(-c2ccc(N(c3cccc(-c4ccc5c(ccc6ccccc65)c4)c3)c3cccc(-c4cccc5oc6ccccc6c45)c3)cc2)cc(-c2ccc(-n3c4ccccc4c4ccccc43)cc2)c1. The van der Waals surface area contributed by atoms with Crippen molar-refractivity contribution in [2.45, 2.75) is 0 Å². The van der Waals surface area contributed by atoms with Crippen molar-refractivity contribution in [2.75, 3.05) is 4.90 Å². The summed E-state index contributed by atoms with van der Waals surface area (Å²) in [5, 5.41) is 9.80. The molecule has 0 bridgehead atoms. The van der Waals surface area contributed by atoms with Gasteiger partial charge in [-0.1, -0.05) is 182 Å². The Morgan fingerprint density at radius 2 is 0.789 bits per heavy atom. The van der Waals surface area contributed by atoms with Crippen LogP contribution in [0.4, 0.5) is 17.1 Å². The average molecular weight is 905 g/mol. The highest BCUT2D eigenvalue weighted by molar-refractivity contribution is 6.13. The van der Waals surface area contributed by atoms with Crippen molar-refractivity contribution in [1.82, 2.24) is 4.57 Å². The Bertz CT molecular complexity index is 4290.